The number of aryl methyl sites for hydroxylation is 1. The van der Waals surface area contributed by atoms with Crippen molar-refractivity contribution in [2.24, 2.45) is 12.8 Å². The molecule has 5 nitrogen and oxygen atoms in total. The van der Waals surface area contributed by atoms with Gasteiger partial charge in [-0.05, 0) is 32.7 Å². The number of hydrogen-bond acceptors (Lipinski definition) is 4. The predicted octanol–water partition coefficient (Wildman–Crippen LogP) is 0.517. The standard InChI is InChI=1S/C11H21N5/c1-15(7-11-14-13-8-16(11)2)10-5-3-9(12)4-6-10/h8-10H,3-7,12H2,1-2H3. The number of hydrogen-bond donors (Lipinski definition) is 1. The summed E-state index contributed by atoms with van der Waals surface area (Å²) in [6.07, 6.45) is 6.45. The molecule has 1 aliphatic rings. The Morgan fingerprint density at radius 3 is 2.69 bits per heavy atom. The first-order valence-electron chi connectivity index (χ1n) is 5.95. The van der Waals surface area contributed by atoms with Gasteiger partial charge in [0.25, 0.3) is 0 Å². The molecule has 5 heteroatoms. The summed E-state index contributed by atoms with van der Waals surface area (Å²) in [5.41, 5.74) is 5.91. The van der Waals surface area contributed by atoms with Crippen LogP contribution in [0.1, 0.15) is 31.5 Å². The lowest BCUT2D eigenvalue weighted by molar-refractivity contribution is 0.171. The van der Waals surface area contributed by atoms with E-state index in [1.54, 1.807) is 6.33 Å². The van der Waals surface area contributed by atoms with Crippen LogP contribution in [-0.4, -0.2) is 38.8 Å². The molecule has 1 aromatic heterocycles. The van der Waals surface area contributed by atoms with Crippen molar-refractivity contribution in [3.8, 4) is 0 Å². The lowest BCUT2D eigenvalue weighted by Crippen LogP contribution is -2.38. The van der Waals surface area contributed by atoms with E-state index >= 15 is 0 Å². The third kappa shape index (κ3) is 2.59. The van der Waals surface area contributed by atoms with E-state index in [0.717, 1.165) is 25.2 Å². The maximum absolute atomic E-state index is 5.91. The van der Waals surface area contributed by atoms with Gasteiger partial charge in [-0.15, -0.1) is 10.2 Å². The molecule has 1 fully saturated rings. The molecule has 0 saturated heterocycles. The molecule has 16 heavy (non-hydrogen) atoms. The van der Waals surface area contributed by atoms with Crippen molar-refractivity contribution in [2.75, 3.05) is 7.05 Å². The molecule has 0 aromatic carbocycles. The van der Waals surface area contributed by atoms with Gasteiger partial charge in [0.1, 0.15) is 12.2 Å². The van der Waals surface area contributed by atoms with Crippen LogP contribution < -0.4 is 5.73 Å². The lowest BCUT2D eigenvalue weighted by atomic mass is 9.91. The molecule has 2 N–H and O–H groups in total. The topological polar surface area (TPSA) is 60.0 Å². The van der Waals surface area contributed by atoms with Crippen molar-refractivity contribution >= 4 is 0 Å². The van der Waals surface area contributed by atoms with E-state index in [4.69, 9.17) is 5.73 Å². The molecule has 1 aliphatic carbocycles. The molecule has 2 rings (SSSR count). The first-order chi connectivity index (χ1) is 7.66. The van der Waals surface area contributed by atoms with E-state index in [2.05, 4.69) is 22.1 Å². The maximum Gasteiger partial charge on any atom is 0.146 e. The molecule has 1 heterocycles. The maximum atomic E-state index is 5.91. The average Bonchev–Trinajstić information content (AvgIpc) is 2.65. The average molecular weight is 223 g/mol. The van der Waals surface area contributed by atoms with Gasteiger partial charge in [-0.25, -0.2) is 0 Å². The normalized spacial score (nSPS) is 26.2. The monoisotopic (exact) mass is 223 g/mol. The second kappa shape index (κ2) is 4.93. The minimum absolute atomic E-state index is 0.416. The Morgan fingerprint density at radius 2 is 2.12 bits per heavy atom. The minimum atomic E-state index is 0.416. The number of nitrogens with two attached hydrogens (primary N) is 1. The molecule has 0 amide bonds. The van der Waals surface area contributed by atoms with Gasteiger partial charge in [-0.1, -0.05) is 0 Å². The van der Waals surface area contributed by atoms with Crippen molar-refractivity contribution in [1.29, 1.82) is 0 Å². The summed E-state index contributed by atoms with van der Waals surface area (Å²) in [7, 11) is 4.15. The third-order valence-electron chi connectivity index (χ3n) is 3.56. The lowest BCUT2D eigenvalue weighted by Gasteiger charge is -2.33. The van der Waals surface area contributed by atoms with Gasteiger partial charge in [0.2, 0.25) is 0 Å². The zero-order valence-corrected chi connectivity index (χ0v) is 10.1. The summed E-state index contributed by atoms with van der Waals surface area (Å²) in [4.78, 5) is 2.37. The fourth-order valence-corrected chi connectivity index (χ4v) is 2.34. The Morgan fingerprint density at radius 1 is 1.44 bits per heavy atom. The van der Waals surface area contributed by atoms with Gasteiger partial charge in [0.15, 0.2) is 0 Å². The fourth-order valence-electron chi connectivity index (χ4n) is 2.34. The molecule has 0 radical (unpaired) electrons. The van der Waals surface area contributed by atoms with Crippen LogP contribution in [0, 0.1) is 0 Å². The van der Waals surface area contributed by atoms with Crippen molar-refractivity contribution in [3.63, 3.8) is 0 Å². The summed E-state index contributed by atoms with van der Waals surface area (Å²) in [5, 5.41) is 8.01. The first-order valence-corrected chi connectivity index (χ1v) is 5.95. The van der Waals surface area contributed by atoms with E-state index in [1.807, 2.05) is 11.6 Å². The summed E-state index contributed by atoms with van der Waals surface area (Å²) in [6.45, 7) is 0.871. The fraction of sp³-hybridized carbons (Fsp3) is 0.818. The Labute approximate surface area is 96.6 Å². The predicted molar refractivity (Wildman–Crippen MR) is 62.7 cm³/mol. The molecule has 90 valence electrons. The molecule has 0 bridgehead atoms. The molecule has 0 spiro atoms. The first kappa shape index (κ1) is 11.5. The molecule has 0 unspecified atom stereocenters. The van der Waals surface area contributed by atoms with Crippen molar-refractivity contribution < 1.29 is 0 Å². The third-order valence-corrected chi connectivity index (χ3v) is 3.56. The second-order valence-corrected chi connectivity index (χ2v) is 4.84. The zero-order chi connectivity index (χ0) is 11.5. The van der Waals surface area contributed by atoms with Crippen LogP contribution in [0.5, 0.6) is 0 Å². The number of rotatable bonds is 3. The summed E-state index contributed by atoms with van der Waals surface area (Å²) in [6, 6.07) is 1.07. The van der Waals surface area contributed by atoms with Crippen LogP contribution in [0.15, 0.2) is 6.33 Å². The summed E-state index contributed by atoms with van der Waals surface area (Å²) < 4.78 is 1.98. The summed E-state index contributed by atoms with van der Waals surface area (Å²) >= 11 is 0. The summed E-state index contributed by atoms with van der Waals surface area (Å²) in [5.74, 6) is 1.03. The molecular weight excluding hydrogens is 202 g/mol. The van der Waals surface area contributed by atoms with Crippen LogP contribution >= 0.6 is 0 Å². The van der Waals surface area contributed by atoms with Gasteiger partial charge in [0, 0.05) is 19.1 Å². The highest BCUT2D eigenvalue weighted by molar-refractivity contribution is 4.87. The SMILES string of the molecule is CN(Cc1nncn1C)C1CCC(N)CC1. The van der Waals surface area contributed by atoms with E-state index in [0.29, 0.717) is 12.1 Å². The van der Waals surface area contributed by atoms with Gasteiger partial charge in [-0.2, -0.15) is 0 Å². The Bertz CT molecular complexity index is 327. The smallest absolute Gasteiger partial charge is 0.146 e. The van der Waals surface area contributed by atoms with E-state index in [1.165, 1.54) is 12.8 Å². The van der Waals surface area contributed by atoms with Gasteiger partial charge in [-0.3, -0.25) is 4.90 Å². The van der Waals surface area contributed by atoms with E-state index in [-0.39, 0.29) is 0 Å². The van der Waals surface area contributed by atoms with Crippen LogP contribution in [0.2, 0.25) is 0 Å². The minimum Gasteiger partial charge on any atom is -0.328 e. The highest BCUT2D eigenvalue weighted by atomic mass is 15.3. The van der Waals surface area contributed by atoms with E-state index < -0.39 is 0 Å². The number of nitrogens with zero attached hydrogens (tertiary/aromatic N) is 4. The zero-order valence-electron chi connectivity index (χ0n) is 10.1. The van der Waals surface area contributed by atoms with E-state index in [9.17, 15) is 0 Å². The van der Waals surface area contributed by atoms with Crippen LogP contribution in [-0.2, 0) is 13.6 Å². The molecular formula is C11H21N5. The Hall–Kier alpha value is -0.940. The molecule has 0 aliphatic heterocycles. The van der Waals surface area contributed by atoms with Crippen LogP contribution in [0.3, 0.4) is 0 Å². The second-order valence-electron chi connectivity index (χ2n) is 4.84. The largest absolute Gasteiger partial charge is 0.328 e. The quantitative estimate of drug-likeness (QED) is 0.811. The van der Waals surface area contributed by atoms with Crippen LogP contribution in [0.25, 0.3) is 0 Å². The number of aromatic nitrogens is 3. The molecule has 1 aromatic rings. The van der Waals surface area contributed by atoms with Gasteiger partial charge >= 0.3 is 0 Å². The van der Waals surface area contributed by atoms with Crippen molar-refractivity contribution in [3.05, 3.63) is 12.2 Å². The molecule has 0 atom stereocenters. The van der Waals surface area contributed by atoms with Gasteiger partial charge < -0.3 is 10.3 Å². The molecule has 1 saturated carbocycles. The highest BCUT2D eigenvalue weighted by Crippen LogP contribution is 2.21. The Kier molecular flexibility index (Phi) is 3.56. The van der Waals surface area contributed by atoms with Crippen LogP contribution in [0.4, 0.5) is 0 Å². The highest BCUT2D eigenvalue weighted by Gasteiger charge is 2.22. The van der Waals surface area contributed by atoms with Gasteiger partial charge in [0.05, 0.1) is 6.54 Å². The van der Waals surface area contributed by atoms with Crippen molar-refractivity contribution in [2.45, 2.75) is 44.3 Å². The van der Waals surface area contributed by atoms with Crippen molar-refractivity contribution in [1.82, 2.24) is 19.7 Å². The Balaban J connectivity index is 1.88.